The minimum absolute atomic E-state index is 0.0571. The zero-order valence-electron chi connectivity index (χ0n) is 13.6. The first-order chi connectivity index (χ1) is 12.0. The summed E-state index contributed by atoms with van der Waals surface area (Å²) in [4.78, 5) is 7.80. The molecule has 3 nitrogen and oxygen atoms in total. The third kappa shape index (κ3) is 2.75. The van der Waals surface area contributed by atoms with Crippen molar-refractivity contribution < 1.29 is 13.2 Å². The topological polar surface area (TPSA) is 54.7 Å². The molecule has 1 aromatic carbocycles. The SMILES string of the molecule is N/C=C(\CC(F)(F)F)c1nc2ccc3[nH]ccc3c2c2c1CCCC2. The predicted octanol–water partition coefficient (Wildman–Crippen LogP) is 4.85. The van der Waals surface area contributed by atoms with Gasteiger partial charge >= 0.3 is 6.18 Å². The van der Waals surface area contributed by atoms with Crippen molar-refractivity contribution in [1.82, 2.24) is 9.97 Å². The molecule has 130 valence electrons. The highest BCUT2D eigenvalue weighted by Crippen LogP contribution is 2.38. The van der Waals surface area contributed by atoms with Crippen molar-refractivity contribution in [3.8, 4) is 0 Å². The Labute approximate surface area is 142 Å². The van der Waals surface area contributed by atoms with E-state index < -0.39 is 12.6 Å². The second-order valence-corrected chi connectivity index (χ2v) is 6.51. The highest BCUT2D eigenvalue weighted by atomic mass is 19.4. The summed E-state index contributed by atoms with van der Waals surface area (Å²) in [7, 11) is 0. The van der Waals surface area contributed by atoms with E-state index in [0.29, 0.717) is 5.69 Å². The number of hydrogen-bond acceptors (Lipinski definition) is 2. The van der Waals surface area contributed by atoms with E-state index in [0.717, 1.165) is 64.8 Å². The molecule has 0 saturated heterocycles. The quantitative estimate of drug-likeness (QED) is 0.698. The smallest absolute Gasteiger partial charge is 0.393 e. The summed E-state index contributed by atoms with van der Waals surface area (Å²) in [6, 6.07) is 5.79. The van der Waals surface area contributed by atoms with Crippen LogP contribution in [0.5, 0.6) is 0 Å². The van der Waals surface area contributed by atoms with Crippen molar-refractivity contribution in [3.63, 3.8) is 0 Å². The minimum atomic E-state index is -4.31. The van der Waals surface area contributed by atoms with Gasteiger partial charge < -0.3 is 10.7 Å². The molecule has 4 rings (SSSR count). The molecule has 1 aliphatic carbocycles. The number of hydrogen-bond donors (Lipinski definition) is 2. The average Bonchev–Trinajstić information content (AvgIpc) is 3.06. The Morgan fingerprint density at radius 1 is 1.16 bits per heavy atom. The van der Waals surface area contributed by atoms with Crippen LogP contribution in [0.15, 0.2) is 30.6 Å². The number of nitrogens with one attached hydrogen (secondary N) is 1. The maximum Gasteiger partial charge on any atom is 0.393 e. The fraction of sp³-hybridized carbons (Fsp3) is 0.316. The van der Waals surface area contributed by atoms with Crippen LogP contribution in [0, 0.1) is 0 Å². The number of nitrogens with zero attached hydrogens (tertiary/aromatic N) is 1. The number of pyridine rings is 1. The van der Waals surface area contributed by atoms with Crippen LogP contribution in [0.3, 0.4) is 0 Å². The molecule has 25 heavy (non-hydrogen) atoms. The molecular formula is C19H18F3N3. The fourth-order valence-electron chi connectivity index (χ4n) is 3.87. The fourth-order valence-corrected chi connectivity index (χ4v) is 3.87. The maximum absolute atomic E-state index is 13.0. The van der Waals surface area contributed by atoms with Crippen LogP contribution < -0.4 is 5.73 Å². The molecule has 2 aromatic heterocycles. The predicted molar refractivity (Wildman–Crippen MR) is 93.1 cm³/mol. The molecule has 0 radical (unpaired) electrons. The zero-order valence-corrected chi connectivity index (χ0v) is 13.6. The van der Waals surface area contributed by atoms with E-state index in [1.54, 1.807) is 0 Å². The van der Waals surface area contributed by atoms with Gasteiger partial charge in [0.15, 0.2) is 0 Å². The van der Waals surface area contributed by atoms with Gasteiger partial charge in [-0.15, -0.1) is 0 Å². The maximum atomic E-state index is 13.0. The zero-order chi connectivity index (χ0) is 17.6. The summed E-state index contributed by atoms with van der Waals surface area (Å²) >= 11 is 0. The van der Waals surface area contributed by atoms with Gasteiger partial charge in [0.25, 0.3) is 0 Å². The van der Waals surface area contributed by atoms with Gasteiger partial charge in [-0.2, -0.15) is 13.2 Å². The van der Waals surface area contributed by atoms with Crippen LogP contribution in [0.25, 0.3) is 27.4 Å². The molecule has 2 heterocycles. The lowest BCUT2D eigenvalue weighted by Gasteiger charge is -2.23. The summed E-state index contributed by atoms with van der Waals surface area (Å²) in [5, 5.41) is 2.13. The number of nitrogens with two attached hydrogens (primary N) is 1. The Hall–Kier alpha value is -2.50. The molecule has 0 fully saturated rings. The molecule has 0 bridgehead atoms. The van der Waals surface area contributed by atoms with Crippen molar-refractivity contribution in [3.05, 3.63) is 47.4 Å². The van der Waals surface area contributed by atoms with Crippen LogP contribution in [-0.2, 0) is 12.8 Å². The Balaban J connectivity index is 2.01. The number of allylic oxidation sites excluding steroid dienone is 1. The number of H-pyrrole nitrogens is 1. The van der Waals surface area contributed by atoms with Crippen LogP contribution in [0.4, 0.5) is 13.2 Å². The molecule has 0 unspecified atom stereocenters. The monoisotopic (exact) mass is 345 g/mol. The van der Waals surface area contributed by atoms with Gasteiger partial charge in [-0.25, -0.2) is 4.98 Å². The first-order valence-electron chi connectivity index (χ1n) is 8.37. The lowest BCUT2D eigenvalue weighted by Crippen LogP contribution is -2.14. The Bertz CT molecular complexity index is 983. The molecule has 0 spiro atoms. The number of aromatic nitrogens is 2. The van der Waals surface area contributed by atoms with Gasteiger partial charge in [-0.3, -0.25) is 0 Å². The molecule has 0 saturated carbocycles. The normalized spacial score (nSPS) is 15.7. The summed E-state index contributed by atoms with van der Waals surface area (Å²) in [6.45, 7) is 0. The highest BCUT2D eigenvalue weighted by Gasteiger charge is 2.31. The van der Waals surface area contributed by atoms with Gasteiger partial charge in [-0.05, 0) is 61.2 Å². The van der Waals surface area contributed by atoms with E-state index in [4.69, 9.17) is 5.73 Å². The second kappa shape index (κ2) is 5.79. The number of fused-ring (bicyclic) bond motifs is 5. The molecular weight excluding hydrogens is 327 g/mol. The Morgan fingerprint density at radius 2 is 1.92 bits per heavy atom. The largest absolute Gasteiger partial charge is 0.404 e. The number of halogens is 3. The molecule has 6 heteroatoms. The van der Waals surface area contributed by atoms with E-state index in [-0.39, 0.29) is 5.57 Å². The minimum Gasteiger partial charge on any atom is -0.404 e. The average molecular weight is 345 g/mol. The molecule has 3 aromatic rings. The van der Waals surface area contributed by atoms with Gasteiger partial charge in [0, 0.05) is 28.1 Å². The van der Waals surface area contributed by atoms with Gasteiger partial charge in [0.05, 0.1) is 17.6 Å². The van der Waals surface area contributed by atoms with Crippen molar-refractivity contribution >= 4 is 27.4 Å². The third-order valence-electron chi connectivity index (χ3n) is 4.90. The number of aromatic amines is 1. The van der Waals surface area contributed by atoms with Crippen LogP contribution in [0.2, 0.25) is 0 Å². The van der Waals surface area contributed by atoms with Crippen molar-refractivity contribution in [1.29, 1.82) is 0 Å². The lowest BCUT2D eigenvalue weighted by atomic mass is 9.85. The number of rotatable bonds is 2. The summed E-state index contributed by atoms with van der Waals surface area (Å²) in [6.07, 6.45) is 1.16. The van der Waals surface area contributed by atoms with Gasteiger partial charge in [0.2, 0.25) is 0 Å². The Kier molecular flexibility index (Phi) is 3.71. The first kappa shape index (κ1) is 16.0. The number of aryl methyl sites for hydroxylation is 1. The molecule has 1 aliphatic rings. The van der Waals surface area contributed by atoms with Crippen molar-refractivity contribution in [2.75, 3.05) is 0 Å². The second-order valence-electron chi connectivity index (χ2n) is 6.51. The van der Waals surface area contributed by atoms with E-state index in [1.165, 1.54) is 0 Å². The van der Waals surface area contributed by atoms with Gasteiger partial charge in [-0.1, -0.05) is 0 Å². The number of alkyl halides is 3. The Morgan fingerprint density at radius 3 is 2.64 bits per heavy atom. The van der Waals surface area contributed by atoms with E-state index in [9.17, 15) is 13.2 Å². The van der Waals surface area contributed by atoms with Crippen molar-refractivity contribution in [2.24, 2.45) is 5.73 Å². The third-order valence-corrected chi connectivity index (χ3v) is 4.90. The van der Waals surface area contributed by atoms with Gasteiger partial charge in [0.1, 0.15) is 0 Å². The summed E-state index contributed by atoms with van der Waals surface area (Å²) < 4.78 is 38.9. The van der Waals surface area contributed by atoms with E-state index >= 15 is 0 Å². The number of benzene rings is 1. The lowest BCUT2D eigenvalue weighted by molar-refractivity contribution is -0.123. The van der Waals surface area contributed by atoms with Crippen LogP contribution >= 0.6 is 0 Å². The first-order valence-corrected chi connectivity index (χ1v) is 8.37. The van der Waals surface area contributed by atoms with Crippen LogP contribution in [0.1, 0.15) is 36.1 Å². The molecule has 0 amide bonds. The van der Waals surface area contributed by atoms with E-state index in [1.807, 2.05) is 24.4 Å². The molecule has 3 N–H and O–H groups in total. The summed E-state index contributed by atoms with van der Waals surface area (Å²) in [5.41, 5.74) is 9.81. The summed E-state index contributed by atoms with van der Waals surface area (Å²) in [5.74, 6) is 0. The molecule has 0 aliphatic heterocycles. The van der Waals surface area contributed by atoms with Crippen LogP contribution in [-0.4, -0.2) is 16.1 Å². The molecule has 0 atom stereocenters. The van der Waals surface area contributed by atoms with Crippen molar-refractivity contribution in [2.45, 2.75) is 38.3 Å². The standard InChI is InChI=1S/C19H18F3N3/c20-19(21,22)9-11(10-23)18-13-4-2-1-3-12(13)17-14-7-8-24-15(14)5-6-16(17)25-18/h5-8,10,24H,1-4,9,23H2/b11-10+. The highest BCUT2D eigenvalue weighted by molar-refractivity contribution is 6.07. The van der Waals surface area contributed by atoms with E-state index in [2.05, 4.69) is 9.97 Å².